The van der Waals surface area contributed by atoms with Gasteiger partial charge in [-0.25, -0.2) is 0 Å². The van der Waals surface area contributed by atoms with Crippen molar-refractivity contribution in [2.75, 3.05) is 0 Å². The van der Waals surface area contributed by atoms with Crippen LogP contribution in [-0.4, -0.2) is 0 Å². The Kier molecular flexibility index (Phi) is 0.737. The summed E-state index contributed by atoms with van der Waals surface area (Å²) in [6.45, 7) is 2.83. The molecular weight excluding hydrogens is 228 g/mol. The predicted octanol–water partition coefficient (Wildman–Crippen LogP) is 3.57. The molecule has 19 heavy (non-hydrogen) atoms. The maximum absolute atomic E-state index is 2.83. The van der Waals surface area contributed by atoms with E-state index >= 15 is 0 Å². The molecule has 10 saturated carbocycles. The second-order valence-corrected chi connectivity index (χ2v) is 10.8. The topological polar surface area (TPSA) is 0 Å². The zero-order valence-electron chi connectivity index (χ0n) is 11.7. The first-order valence-corrected chi connectivity index (χ1v) is 9.24. The van der Waals surface area contributed by atoms with E-state index in [0.29, 0.717) is 0 Å². The molecule has 10 aliphatic carbocycles. The predicted molar refractivity (Wildman–Crippen MR) is 69.9 cm³/mol. The molecule has 0 radical (unpaired) electrons. The van der Waals surface area contributed by atoms with Gasteiger partial charge in [-0.1, -0.05) is 6.92 Å². The molecule has 98 valence electrons. The average molecular weight is 250 g/mol. The zero-order valence-corrected chi connectivity index (χ0v) is 11.7. The SMILES string of the molecule is CC12C3CCC14CC21C3C2C3C(C24)C2C4CC3C21C4. The summed E-state index contributed by atoms with van der Waals surface area (Å²) in [5.41, 5.74) is 3.73. The summed E-state index contributed by atoms with van der Waals surface area (Å²) in [6.07, 6.45) is 8.52. The van der Waals surface area contributed by atoms with Crippen molar-refractivity contribution >= 4 is 0 Å². The first-order valence-electron chi connectivity index (χ1n) is 9.24. The molecule has 0 heteroatoms. The average Bonchev–Trinajstić information content (AvgIpc) is 2.83. The second kappa shape index (κ2) is 1.66. The molecule has 13 unspecified atom stereocenters. The van der Waals surface area contributed by atoms with Crippen LogP contribution in [0.2, 0.25) is 0 Å². The molecule has 9 bridgehead atoms. The molecule has 10 rings (SSSR count). The summed E-state index contributed by atoms with van der Waals surface area (Å²) < 4.78 is 0. The number of rotatable bonds is 0. The molecule has 0 nitrogen and oxygen atoms in total. The summed E-state index contributed by atoms with van der Waals surface area (Å²) in [5, 5.41) is 0. The lowest BCUT2D eigenvalue weighted by Gasteiger charge is -2.95. The van der Waals surface area contributed by atoms with Crippen LogP contribution in [0.4, 0.5) is 0 Å². The summed E-state index contributed by atoms with van der Waals surface area (Å²) in [4.78, 5) is 0. The monoisotopic (exact) mass is 250 g/mol. The highest BCUT2D eigenvalue weighted by molar-refractivity contribution is 5.54. The van der Waals surface area contributed by atoms with Gasteiger partial charge >= 0.3 is 0 Å². The summed E-state index contributed by atoms with van der Waals surface area (Å²) in [7, 11) is 0. The number of hydrogen-bond donors (Lipinski definition) is 0. The van der Waals surface area contributed by atoms with Gasteiger partial charge in [-0.15, -0.1) is 0 Å². The van der Waals surface area contributed by atoms with Gasteiger partial charge in [0.2, 0.25) is 0 Å². The summed E-state index contributed by atoms with van der Waals surface area (Å²) >= 11 is 0. The Labute approximate surface area is 114 Å². The lowest BCUT2D eigenvalue weighted by atomic mass is 9.08. The van der Waals surface area contributed by atoms with Crippen LogP contribution in [0.1, 0.15) is 39.0 Å². The van der Waals surface area contributed by atoms with Crippen molar-refractivity contribution in [3.8, 4) is 0 Å². The minimum atomic E-state index is 0.887. The van der Waals surface area contributed by atoms with Crippen LogP contribution in [0, 0.1) is 74.9 Å². The van der Waals surface area contributed by atoms with Crippen molar-refractivity contribution < 1.29 is 0 Å². The molecular formula is C19H22. The zero-order chi connectivity index (χ0) is 11.7. The van der Waals surface area contributed by atoms with Crippen LogP contribution in [0.25, 0.3) is 0 Å². The van der Waals surface area contributed by atoms with Crippen LogP contribution in [0.3, 0.4) is 0 Å². The van der Waals surface area contributed by atoms with Gasteiger partial charge in [0, 0.05) is 0 Å². The van der Waals surface area contributed by atoms with Gasteiger partial charge in [-0.05, 0) is 107 Å². The third kappa shape index (κ3) is 0.355. The van der Waals surface area contributed by atoms with Crippen LogP contribution in [0.5, 0.6) is 0 Å². The Bertz CT molecular complexity index is 642. The Hall–Kier alpha value is 0. The van der Waals surface area contributed by atoms with E-state index in [0.717, 1.165) is 21.7 Å². The van der Waals surface area contributed by atoms with Crippen molar-refractivity contribution in [1.29, 1.82) is 0 Å². The maximum atomic E-state index is 2.83. The Balaban J connectivity index is 1.53. The smallest absolute Gasteiger partial charge is 0.0134 e. The fourth-order valence-corrected chi connectivity index (χ4v) is 13.5. The summed E-state index contributed by atoms with van der Waals surface area (Å²) in [6, 6.07) is 0. The molecule has 13 atom stereocenters. The van der Waals surface area contributed by atoms with Gasteiger partial charge in [-0.2, -0.15) is 0 Å². The highest BCUT2D eigenvalue weighted by Crippen LogP contribution is 3.11. The van der Waals surface area contributed by atoms with Crippen molar-refractivity contribution in [2.45, 2.75) is 39.0 Å². The molecule has 0 aromatic rings. The Morgan fingerprint density at radius 3 is 2.79 bits per heavy atom. The van der Waals surface area contributed by atoms with Crippen molar-refractivity contribution in [3.05, 3.63) is 0 Å². The van der Waals surface area contributed by atoms with Gasteiger partial charge in [0.1, 0.15) is 0 Å². The van der Waals surface area contributed by atoms with E-state index in [9.17, 15) is 0 Å². The van der Waals surface area contributed by atoms with Crippen LogP contribution in [-0.2, 0) is 0 Å². The van der Waals surface area contributed by atoms with Crippen LogP contribution >= 0.6 is 0 Å². The lowest BCUT2D eigenvalue weighted by molar-refractivity contribution is -0.489. The van der Waals surface area contributed by atoms with E-state index in [1.807, 2.05) is 0 Å². The number of hydrogen-bond acceptors (Lipinski definition) is 0. The fourth-order valence-electron chi connectivity index (χ4n) is 13.5. The molecule has 10 fully saturated rings. The first-order chi connectivity index (χ1) is 9.24. The molecule has 0 heterocycles. The van der Waals surface area contributed by atoms with Gasteiger partial charge < -0.3 is 0 Å². The minimum Gasteiger partial charge on any atom is -0.0583 e. The minimum absolute atomic E-state index is 0.887. The van der Waals surface area contributed by atoms with Crippen LogP contribution in [0.15, 0.2) is 0 Å². The molecule has 2 spiro atoms. The van der Waals surface area contributed by atoms with E-state index in [1.54, 1.807) is 32.1 Å². The van der Waals surface area contributed by atoms with E-state index in [4.69, 9.17) is 0 Å². The third-order valence-electron chi connectivity index (χ3n) is 12.6. The second-order valence-electron chi connectivity index (χ2n) is 10.8. The summed E-state index contributed by atoms with van der Waals surface area (Å²) in [5.74, 6) is 11.4. The van der Waals surface area contributed by atoms with E-state index < -0.39 is 0 Å². The standard InChI is InChI=1S/C19H22/c1-16-8-2-3-17(16)6-19(16)14(8)12-10-9-4-7-5-18(9,19)13(7)11(10)15(12)17/h7-15H,2-6H2,1H3. The molecule has 10 aliphatic rings. The van der Waals surface area contributed by atoms with Gasteiger partial charge in [-0.3, -0.25) is 0 Å². The highest BCUT2D eigenvalue weighted by atomic mass is 15.1. The highest BCUT2D eigenvalue weighted by Gasteiger charge is 3.07. The van der Waals surface area contributed by atoms with E-state index in [-0.39, 0.29) is 0 Å². The Morgan fingerprint density at radius 2 is 1.84 bits per heavy atom. The van der Waals surface area contributed by atoms with Crippen molar-refractivity contribution in [2.24, 2.45) is 74.9 Å². The Morgan fingerprint density at radius 1 is 0.947 bits per heavy atom. The normalized spacial score (nSPS) is 98.1. The van der Waals surface area contributed by atoms with Gasteiger partial charge in [0.15, 0.2) is 0 Å². The maximum Gasteiger partial charge on any atom is -0.0134 e. The fraction of sp³-hybridized carbons (Fsp3) is 1.00. The molecule has 0 aromatic heterocycles. The van der Waals surface area contributed by atoms with Gasteiger partial charge in [0.25, 0.3) is 0 Å². The first kappa shape index (κ1) is 8.44. The quantitative estimate of drug-likeness (QED) is 0.616. The molecule has 0 N–H and O–H groups in total. The third-order valence-corrected chi connectivity index (χ3v) is 12.6. The van der Waals surface area contributed by atoms with E-state index in [2.05, 4.69) is 6.92 Å². The lowest BCUT2D eigenvalue weighted by Crippen LogP contribution is -2.91. The van der Waals surface area contributed by atoms with E-state index in [1.165, 1.54) is 53.3 Å². The molecule has 0 saturated heterocycles. The van der Waals surface area contributed by atoms with Crippen LogP contribution < -0.4 is 0 Å². The van der Waals surface area contributed by atoms with Crippen molar-refractivity contribution in [3.63, 3.8) is 0 Å². The van der Waals surface area contributed by atoms with Gasteiger partial charge in [0.05, 0.1) is 0 Å². The molecule has 0 amide bonds. The van der Waals surface area contributed by atoms with Crippen molar-refractivity contribution in [1.82, 2.24) is 0 Å². The number of fused-ring (bicyclic) bond motifs is 1. The molecule has 0 aromatic carbocycles. The largest absolute Gasteiger partial charge is 0.0583 e. The molecule has 0 aliphatic heterocycles.